The molecule has 2 aromatic carbocycles. The highest BCUT2D eigenvalue weighted by Crippen LogP contribution is 2.52. The summed E-state index contributed by atoms with van der Waals surface area (Å²) in [5.74, 6) is -0.00857. The molecule has 3 aliphatic rings. The molecule has 0 aromatic heterocycles. The first-order valence-electron chi connectivity index (χ1n) is 9.82. The van der Waals surface area contributed by atoms with Gasteiger partial charge in [0, 0.05) is 11.4 Å². The number of fused-ring (bicyclic) bond motifs is 1. The SMILES string of the molecule is COc1ccc(NC(=O)C2[C@H]3C(=O)N(c4ccc(OC)cc4)C[C@]34C=C[C@H]2O4)cc1. The van der Waals surface area contributed by atoms with Crippen molar-refractivity contribution >= 4 is 23.2 Å². The molecule has 7 heteroatoms. The molecule has 1 spiro atoms. The Labute approximate surface area is 174 Å². The van der Waals surface area contributed by atoms with Gasteiger partial charge in [0.05, 0.1) is 38.7 Å². The van der Waals surface area contributed by atoms with Gasteiger partial charge in [-0.15, -0.1) is 0 Å². The van der Waals surface area contributed by atoms with E-state index in [0.717, 1.165) is 11.4 Å². The number of anilines is 2. The van der Waals surface area contributed by atoms with Crippen molar-refractivity contribution in [2.45, 2.75) is 11.7 Å². The van der Waals surface area contributed by atoms with Crippen LogP contribution < -0.4 is 19.7 Å². The van der Waals surface area contributed by atoms with Crippen molar-refractivity contribution < 1.29 is 23.8 Å². The summed E-state index contributed by atoms with van der Waals surface area (Å²) >= 11 is 0. The van der Waals surface area contributed by atoms with E-state index >= 15 is 0 Å². The predicted molar refractivity (Wildman–Crippen MR) is 111 cm³/mol. The smallest absolute Gasteiger partial charge is 0.234 e. The molecule has 2 saturated heterocycles. The van der Waals surface area contributed by atoms with E-state index in [-0.39, 0.29) is 11.8 Å². The van der Waals surface area contributed by atoms with E-state index in [9.17, 15) is 9.59 Å². The van der Waals surface area contributed by atoms with Crippen molar-refractivity contribution in [3.05, 3.63) is 60.7 Å². The van der Waals surface area contributed by atoms with Crippen molar-refractivity contribution in [3.8, 4) is 11.5 Å². The number of hydrogen-bond acceptors (Lipinski definition) is 5. The molecule has 1 unspecified atom stereocenters. The monoisotopic (exact) mass is 406 g/mol. The summed E-state index contributed by atoms with van der Waals surface area (Å²) < 4.78 is 16.5. The lowest BCUT2D eigenvalue weighted by atomic mass is 9.77. The standard InChI is InChI=1S/C23H22N2O5/c1-28-16-7-3-14(4-8-16)24-21(26)19-18-11-12-23(30-18)13-25(22(27)20(19)23)15-5-9-17(29-2)10-6-15/h3-12,18-20H,13H2,1-2H3,(H,24,26)/t18-,19?,20+,23-/m1/s1. The lowest BCUT2D eigenvalue weighted by molar-refractivity contribution is -0.128. The quantitative estimate of drug-likeness (QED) is 0.773. The van der Waals surface area contributed by atoms with Gasteiger partial charge in [-0.25, -0.2) is 0 Å². The highest BCUT2D eigenvalue weighted by atomic mass is 16.5. The Bertz CT molecular complexity index is 1020. The van der Waals surface area contributed by atoms with Crippen LogP contribution in [0.25, 0.3) is 0 Å². The summed E-state index contributed by atoms with van der Waals surface area (Å²) in [6, 6.07) is 14.4. The van der Waals surface area contributed by atoms with Gasteiger partial charge < -0.3 is 24.4 Å². The first-order valence-corrected chi connectivity index (χ1v) is 9.82. The predicted octanol–water partition coefficient (Wildman–Crippen LogP) is 2.63. The van der Waals surface area contributed by atoms with Crippen molar-refractivity contribution in [2.75, 3.05) is 31.0 Å². The molecule has 5 rings (SSSR count). The van der Waals surface area contributed by atoms with E-state index in [1.54, 1.807) is 43.4 Å². The highest BCUT2D eigenvalue weighted by Gasteiger charge is 2.67. The van der Waals surface area contributed by atoms with Gasteiger partial charge in [-0.2, -0.15) is 0 Å². The van der Waals surface area contributed by atoms with Crippen LogP contribution in [0.2, 0.25) is 0 Å². The molecule has 3 aliphatic heterocycles. The number of methoxy groups -OCH3 is 2. The molecule has 0 saturated carbocycles. The Kier molecular flexibility index (Phi) is 4.29. The minimum Gasteiger partial charge on any atom is -0.497 e. The first kappa shape index (κ1) is 18.7. The summed E-state index contributed by atoms with van der Waals surface area (Å²) in [5.41, 5.74) is 0.655. The van der Waals surface area contributed by atoms with Crippen LogP contribution in [0, 0.1) is 11.8 Å². The van der Waals surface area contributed by atoms with Gasteiger partial charge >= 0.3 is 0 Å². The molecule has 3 heterocycles. The molecular formula is C23H22N2O5. The average molecular weight is 406 g/mol. The fourth-order valence-corrected chi connectivity index (χ4v) is 4.68. The number of carbonyl (C=O) groups excluding carboxylic acids is 2. The second kappa shape index (κ2) is 6.88. The molecule has 2 bridgehead atoms. The van der Waals surface area contributed by atoms with E-state index in [2.05, 4.69) is 5.32 Å². The van der Waals surface area contributed by atoms with Gasteiger partial charge in [0.25, 0.3) is 0 Å². The molecule has 2 aromatic rings. The molecule has 0 radical (unpaired) electrons. The maximum absolute atomic E-state index is 13.4. The van der Waals surface area contributed by atoms with Crippen LogP contribution >= 0.6 is 0 Å². The topological polar surface area (TPSA) is 77.1 Å². The zero-order chi connectivity index (χ0) is 20.9. The number of carbonyl (C=O) groups is 2. The Hall–Kier alpha value is -3.32. The third-order valence-corrected chi connectivity index (χ3v) is 6.14. The van der Waals surface area contributed by atoms with Crippen LogP contribution in [-0.2, 0) is 14.3 Å². The number of rotatable bonds is 5. The first-order chi connectivity index (χ1) is 14.5. The van der Waals surface area contributed by atoms with E-state index in [0.29, 0.717) is 18.0 Å². The minimum atomic E-state index is -0.760. The molecular weight excluding hydrogens is 384 g/mol. The van der Waals surface area contributed by atoms with Crippen molar-refractivity contribution in [2.24, 2.45) is 11.8 Å². The molecule has 7 nitrogen and oxygen atoms in total. The maximum atomic E-state index is 13.4. The van der Waals surface area contributed by atoms with Crippen molar-refractivity contribution in [1.82, 2.24) is 0 Å². The van der Waals surface area contributed by atoms with E-state index in [1.165, 1.54) is 0 Å². The van der Waals surface area contributed by atoms with Crippen molar-refractivity contribution in [3.63, 3.8) is 0 Å². The molecule has 154 valence electrons. The average Bonchev–Trinajstić information content (AvgIpc) is 3.42. The summed E-state index contributed by atoms with van der Waals surface area (Å²) in [4.78, 5) is 28.2. The lowest BCUT2D eigenvalue weighted by Crippen LogP contribution is -2.41. The minimum absolute atomic E-state index is 0.0955. The number of hydrogen-bond donors (Lipinski definition) is 1. The fourth-order valence-electron chi connectivity index (χ4n) is 4.68. The summed E-state index contributed by atoms with van der Waals surface area (Å²) in [5, 5.41) is 2.92. The molecule has 30 heavy (non-hydrogen) atoms. The zero-order valence-corrected chi connectivity index (χ0v) is 16.7. The summed E-state index contributed by atoms with van der Waals surface area (Å²) in [7, 11) is 3.19. The molecule has 1 N–H and O–H groups in total. The van der Waals surface area contributed by atoms with Gasteiger partial charge in [-0.3, -0.25) is 9.59 Å². The summed E-state index contributed by atoms with van der Waals surface area (Å²) in [6.07, 6.45) is 3.45. The van der Waals surface area contributed by atoms with E-state index in [4.69, 9.17) is 14.2 Å². The second-order valence-electron chi connectivity index (χ2n) is 7.74. The van der Waals surface area contributed by atoms with Crippen LogP contribution in [0.5, 0.6) is 11.5 Å². The Morgan fingerprint density at radius 2 is 1.70 bits per heavy atom. The van der Waals surface area contributed by atoms with Crippen LogP contribution in [0.1, 0.15) is 0 Å². The second-order valence-corrected chi connectivity index (χ2v) is 7.74. The normalized spacial score (nSPS) is 28.5. The fraction of sp³-hybridized carbons (Fsp3) is 0.304. The number of nitrogens with one attached hydrogen (secondary N) is 1. The number of amides is 2. The third-order valence-electron chi connectivity index (χ3n) is 6.14. The molecule has 4 atom stereocenters. The summed E-state index contributed by atoms with van der Waals surface area (Å²) in [6.45, 7) is 0.391. The zero-order valence-electron chi connectivity index (χ0n) is 16.7. The van der Waals surface area contributed by atoms with Gasteiger partial charge in [0.1, 0.15) is 17.1 Å². The van der Waals surface area contributed by atoms with Crippen LogP contribution in [0.4, 0.5) is 11.4 Å². The van der Waals surface area contributed by atoms with Crippen molar-refractivity contribution in [1.29, 1.82) is 0 Å². The van der Waals surface area contributed by atoms with Gasteiger partial charge in [-0.1, -0.05) is 12.2 Å². The van der Waals surface area contributed by atoms with Gasteiger partial charge in [0.15, 0.2) is 0 Å². The van der Waals surface area contributed by atoms with Gasteiger partial charge in [0.2, 0.25) is 11.8 Å². The number of nitrogens with zero attached hydrogens (tertiary/aromatic N) is 1. The third kappa shape index (κ3) is 2.77. The Morgan fingerprint density at radius 1 is 1.07 bits per heavy atom. The van der Waals surface area contributed by atoms with Crippen LogP contribution in [-0.4, -0.2) is 44.3 Å². The maximum Gasteiger partial charge on any atom is 0.234 e. The van der Waals surface area contributed by atoms with E-state index in [1.807, 2.05) is 36.4 Å². The largest absolute Gasteiger partial charge is 0.497 e. The highest BCUT2D eigenvalue weighted by molar-refractivity contribution is 6.05. The molecule has 2 fully saturated rings. The van der Waals surface area contributed by atoms with Crippen LogP contribution in [0.3, 0.4) is 0 Å². The number of benzene rings is 2. The molecule has 2 amide bonds. The van der Waals surface area contributed by atoms with Crippen LogP contribution in [0.15, 0.2) is 60.7 Å². The number of ether oxygens (including phenoxy) is 3. The van der Waals surface area contributed by atoms with E-state index < -0.39 is 23.5 Å². The Balaban J connectivity index is 1.39. The Morgan fingerprint density at radius 3 is 2.33 bits per heavy atom. The lowest BCUT2D eigenvalue weighted by Gasteiger charge is -2.23. The van der Waals surface area contributed by atoms with Gasteiger partial charge in [-0.05, 0) is 48.5 Å². The molecule has 0 aliphatic carbocycles.